The summed E-state index contributed by atoms with van der Waals surface area (Å²) >= 11 is 0. The van der Waals surface area contributed by atoms with Crippen LogP contribution in [0.5, 0.6) is 0 Å². The van der Waals surface area contributed by atoms with E-state index in [1.165, 1.54) is 0 Å². The van der Waals surface area contributed by atoms with Crippen LogP contribution in [0.15, 0.2) is 18.7 Å². The number of hydrogen-bond acceptors (Lipinski definition) is 3. The van der Waals surface area contributed by atoms with Gasteiger partial charge in [-0.3, -0.25) is 4.79 Å². The highest BCUT2D eigenvalue weighted by Crippen LogP contribution is 2.23. The van der Waals surface area contributed by atoms with E-state index in [4.69, 9.17) is 5.73 Å². The largest absolute Gasteiger partial charge is 0.352 e. The molecule has 3 N–H and O–H groups in total. The fourth-order valence-corrected chi connectivity index (χ4v) is 2.58. The Morgan fingerprint density at radius 1 is 1.50 bits per heavy atom. The molecule has 0 spiro atoms. The standard InChI is InChI=1S/C13H22N4O.2ClH/c1-10(8-17-6-5-15-9-17)16-13(18)11-3-2-4-12(14)7-11;;/h5-6,9-12H,2-4,7-8,14H2,1H3,(H,16,18);2*1H. The van der Waals surface area contributed by atoms with Crippen molar-refractivity contribution in [3.8, 4) is 0 Å². The van der Waals surface area contributed by atoms with Crippen LogP contribution in [-0.4, -0.2) is 27.5 Å². The summed E-state index contributed by atoms with van der Waals surface area (Å²) in [6.45, 7) is 2.77. The molecule has 0 saturated heterocycles. The first-order valence-electron chi connectivity index (χ1n) is 6.67. The van der Waals surface area contributed by atoms with E-state index in [-0.39, 0.29) is 48.7 Å². The third-order valence-electron chi connectivity index (χ3n) is 3.52. The lowest BCUT2D eigenvalue weighted by molar-refractivity contribution is -0.126. The summed E-state index contributed by atoms with van der Waals surface area (Å²) in [6, 6.07) is 0.309. The van der Waals surface area contributed by atoms with Crippen molar-refractivity contribution in [2.45, 2.75) is 51.2 Å². The van der Waals surface area contributed by atoms with Crippen LogP contribution < -0.4 is 11.1 Å². The van der Waals surface area contributed by atoms with Crippen molar-refractivity contribution < 1.29 is 4.79 Å². The highest BCUT2D eigenvalue weighted by molar-refractivity contribution is 5.85. The fraction of sp³-hybridized carbons (Fsp3) is 0.692. The van der Waals surface area contributed by atoms with Gasteiger partial charge in [0.25, 0.3) is 0 Å². The summed E-state index contributed by atoms with van der Waals surface area (Å²) in [6.07, 6.45) is 9.32. The van der Waals surface area contributed by atoms with Crippen LogP contribution in [0.3, 0.4) is 0 Å². The van der Waals surface area contributed by atoms with Gasteiger partial charge < -0.3 is 15.6 Å². The van der Waals surface area contributed by atoms with Gasteiger partial charge in [-0.2, -0.15) is 0 Å². The Balaban J connectivity index is 0.00000180. The van der Waals surface area contributed by atoms with Crippen molar-refractivity contribution in [1.29, 1.82) is 0 Å². The van der Waals surface area contributed by atoms with E-state index in [2.05, 4.69) is 10.3 Å². The molecule has 1 fully saturated rings. The number of nitrogens with two attached hydrogens (primary N) is 1. The van der Waals surface area contributed by atoms with Crippen LogP contribution in [0.4, 0.5) is 0 Å². The topological polar surface area (TPSA) is 72.9 Å². The number of hydrogen-bond donors (Lipinski definition) is 2. The summed E-state index contributed by atoms with van der Waals surface area (Å²) < 4.78 is 1.97. The minimum Gasteiger partial charge on any atom is -0.352 e. The van der Waals surface area contributed by atoms with Crippen molar-refractivity contribution in [1.82, 2.24) is 14.9 Å². The lowest BCUT2D eigenvalue weighted by Crippen LogP contribution is -2.42. The fourth-order valence-electron chi connectivity index (χ4n) is 2.58. The Morgan fingerprint density at radius 2 is 2.25 bits per heavy atom. The molecule has 5 nitrogen and oxygen atoms in total. The second kappa shape index (κ2) is 9.21. The van der Waals surface area contributed by atoms with Gasteiger partial charge in [-0.25, -0.2) is 4.98 Å². The summed E-state index contributed by atoms with van der Waals surface area (Å²) in [5, 5.41) is 3.07. The van der Waals surface area contributed by atoms with Crippen molar-refractivity contribution in [2.75, 3.05) is 0 Å². The molecular weight excluding hydrogens is 299 g/mol. The van der Waals surface area contributed by atoms with Gasteiger partial charge >= 0.3 is 0 Å². The van der Waals surface area contributed by atoms with Gasteiger partial charge in [-0.1, -0.05) is 6.42 Å². The lowest BCUT2D eigenvalue weighted by Gasteiger charge is -2.27. The Labute approximate surface area is 132 Å². The van der Waals surface area contributed by atoms with Gasteiger partial charge in [0.15, 0.2) is 0 Å². The molecule has 1 aromatic rings. The molecule has 0 bridgehead atoms. The number of nitrogens with one attached hydrogen (secondary N) is 1. The summed E-state index contributed by atoms with van der Waals surface area (Å²) in [4.78, 5) is 16.1. The molecule has 3 unspecified atom stereocenters. The van der Waals surface area contributed by atoms with Crippen molar-refractivity contribution in [3.05, 3.63) is 18.7 Å². The Hall–Kier alpha value is -0.780. The molecule has 7 heteroatoms. The van der Waals surface area contributed by atoms with Gasteiger partial charge in [-0.15, -0.1) is 24.8 Å². The number of nitrogens with zero attached hydrogens (tertiary/aromatic N) is 2. The van der Waals surface area contributed by atoms with Gasteiger partial charge in [-0.05, 0) is 26.2 Å². The van der Waals surface area contributed by atoms with E-state index in [1.807, 2.05) is 17.7 Å². The number of carbonyl (C=O) groups is 1. The number of rotatable bonds is 4. The molecular formula is C13H24Cl2N4O. The van der Waals surface area contributed by atoms with Gasteiger partial charge in [0.1, 0.15) is 0 Å². The van der Waals surface area contributed by atoms with Crippen LogP contribution >= 0.6 is 24.8 Å². The highest BCUT2D eigenvalue weighted by atomic mass is 35.5. The number of amides is 1. The maximum absolute atomic E-state index is 12.1. The number of halogens is 2. The van der Waals surface area contributed by atoms with Gasteiger partial charge in [0, 0.05) is 36.9 Å². The van der Waals surface area contributed by atoms with Crippen molar-refractivity contribution in [2.24, 2.45) is 11.7 Å². The molecule has 116 valence electrons. The first-order chi connectivity index (χ1) is 8.65. The zero-order valence-electron chi connectivity index (χ0n) is 11.7. The molecule has 1 aromatic heterocycles. The van der Waals surface area contributed by atoms with E-state index < -0.39 is 0 Å². The van der Waals surface area contributed by atoms with Crippen LogP contribution in [0.25, 0.3) is 0 Å². The van der Waals surface area contributed by atoms with Crippen LogP contribution in [0.2, 0.25) is 0 Å². The number of aromatic nitrogens is 2. The average Bonchev–Trinajstić information content (AvgIpc) is 2.81. The van der Waals surface area contributed by atoms with Crippen molar-refractivity contribution in [3.63, 3.8) is 0 Å². The molecule has 0 aromatic carbocycles. The highest BCUT2D eigenvalue weighted by Gasteiger charge is 2.25. The van der Waals surface area contributed by atoms with E-state index in [0.29, 0.717) is 0 Å². The molecule has 3 atom stereocenters. The summed E-state index contributed by atoms with van der Waals surface area (Å²) in [5.74, 6) is 0.247. The lowest BCUT2D eigenvalue weighted by atomic mass is 9.85. The zero-order valence-corrected chi connectivity index (χ0v) is 13.3. The third-order valence-corrected chi connectivity index (χ3v) is 3.52. The molecule has 1 amide bonds. The van der Waals surface area contributed by atoms with Crippen molar-refractivity contribution >= 4 is 30.7 Å². The maximum atomic E-state index is 12.1. The van der Waals surface area contributed by atoms with Crippen LogP contribution in [0.1, 0.15) is 32.6 Å². The smallest absolute Gasteiger partial charge is 0.223 e. The van der Waals surface area contributed by atoms with Crippen LogP contribution in [-0.2, 0) is 11.3 Å². The minimum absolute atomic E-state index is 0. The minimum atomic E-state index is 0. The molecule has 0 aliphatic heterocycles. The van der Waals surface area contributed by atoms with E-state index in [1.54, 1.807) is 12.5 Å². The molecule has 1 saturated carbocycles. The summed E-state index contributed by atoms with van der Waals surface area (Å²) in [5.41, 5.74) is 5.91. The van der Waals surface area contributed by atoms with Crippen LogP contribution in [0, 0.1) is 5.92 Å². The Bertz CT molecular complexity index is 386. The monoisotopic (exact) mass is 322 g/mol. The first-order valence-corrected chi connectivity index (χ1v) is 6.67. The molecule has 20 heavy (non-hydrogen) atoms. The molecule has 0 radical (unpaired) electrons. The van der Waals surface area contributed by atoms with E-state index in [0.717, 1.165) is 32.2 Å². The first kappa shape index (κ1) is 19.2. The Kier molecular flexibility index (Phi) is 8.85. The second-order valence-electron chi connectivity index (χ2n) is 5.29. The SMILES string of the molecule is CC(Cn1ccnc1)NC(=O)C1CCCC(N)C1.Cl.Cl. The predicted octanol–water partition coefficient (Wildman–Crippen LogP) is 1.75. The van der Waals surface area contributed by atoms with Gasteiger partial charge in [0.05, 0.1) is 6.33 Å². The van der Waals surface area contributed by atoms with Gasteiger partial charge in [0.2, 0.25) is 5.91 Å². The molecule has 1 aliphatic rings. The normalized spacial score (nSPS) is 23.1. The van der Waals surface area contributed by atoms with E-state index in [9.17, 15) is 4.79 Å². The third kappa shape index (κ3) is 5.69. The molecule has 1 aliphatic carbocycles. The second-order valence-corrected chi connectivity index (χ2v) is 5.29. The van der Waals surface area contributed by atoms with E-state index >= 15 is 0 Å². The Morgan fingerprint density at radius 3 is 2.85 bits per heavy atom. The maximum Gasteiger partial charge on any atom is 0.223 e. The molecule has 1 heterocycles. The quantitative estimate of drug-likeness (QED) is 0.887. The predicted molar refractivity (Wildman–Crippen MR) is 84.3 cm³/mol. The average molecular weight is 323 g/mol. The number of imidazole rings is 1. The number of carbonyl (C=O) groups excluding carboxylic acids is 1. The zero-order chi connectivity index (χ0) is 13.0. The molecule has 2 rings (SSSR count). The summed E-state index contributed by atoms with van der Waals surface area (Å²) in [7, 11) is 0.